The molecule has 2 aliphatic heterocycles. The van der Waals surface area contributed by atoms with Gasteiger partial charge in [0.15, 0.2) is 0 Å². The Morgan fingerprint density at radius 3 is 2.71 bits per heavy atom. The van der Waals surface area contributed by atoms with Gasteiger partial charge in [0.05, 0.1) is 25.8 Å². The smallest absolute Gasteiger partial charge is 0.306 e. The van der Waals surface area contributed by atoms with E-state index in [4.69, 9.17) is 9.47 Å². The van der Waals surface area contributed by atoms with Crippen LogP contribution in [0.3, 0.4) is 0 Å². The number of hydrazone groups is 1. The summed E-state index contributed by atoms with van der Waals surface area (Å²) in [5.41, 5.74) is 3.28. The molecule has 7 heteroatoms. The van der Waals surface area contributed by atoms with Crippen molar-refractivity contribution < 1.29 is 19.1 Å². The van der Waals surface area contributed by atoms with E-state index < -0.39 is 0 Å². The average molecular weight is 478 g/mol. The monoisotopic (exact) mass is 477 g/mol. The highest BCUT2D eigenvalue weighted by atomic mass is 16.5. The van der Waals surface area contributed by atoms with Crippen molar-refractivity contribution in [3.63, 3.8) is 0 Å². The minimum atomic E-state index is -0.173. The van der Waals surface area contributed by atoms with E-state index in [1.807, 2.05) is 48.7 Å². The van der Waals surface area contributed by atoms with Crippen molar-refractivity contribution in [2.45, 2.75) is 51.9 Å². The van der Waals surface area contributed by atoms with E-state index >= 15 is 0 Å². The zero-order valence-electron chi connectivity index (χ0n) is 20.5. The van der Waals surface area contributed by atoms with E-state index in [0.717, 1.165) is 49.2 Å². The lowest BCUT2D eigenvalue weighted by atomic mass is 9.94. The van der Waals surface area contributed by atoms with Crippen molar-refractivity contribution in [1.82, 2.24) is 5.01 Å². The number of carbonyl (C=O) groups is 2. The molecule has 2 aliphatic rings. The molecule has 0 aliphatic carbocycles. The first kappa shape index (κ1) is 24.8. The Hall–Kier alpha value is -3.35. The van der Waals surface area contributed by atoms with Crippen LogP contribution in [0, 0.1) is 5.92 Å². The third-order valence-corrected chi connectivity index (χ3v) is 6.40. The molecular weight excluding hydrogens is 442 g/mol. The van der Waals surface area contributed by atoms with Crippen LogP contribution in [0.2, 0.25) is 0 Å². The molecule has 1 atom stereocenters. The van der Waals surface area contributed by atoms with Crippen LogP contribution >= 0.6 is 0 Å². The summed E-state index contributed by atoms with van der Waals surface area (Å²) in [6, 6.07) is 13.1. The highest BCUT2D eigenvalue weighted by Gasteiger charge is 2.23. The largest absolute Gasteiger partial charge is 0.493 e. The van der Waals surface area contributed by atoms with E-state index in [9.17, 15) is 9.59 Å². The third kappa shape index (κ3) is 7.31. The van der Waals surface area contributed by atoms with Crippen LogP contribution < -0.4 is 10.1 Å². The van der Waals surface area contributed by atoms with Crippen LogP contribution in [0.15, 0.2) is 47.6 Å². The summed E-state index contributed by atoms with van der Waals surface area (Å²) in [6.45, 7) is 5.03. The molecule has 7 nitrogen and oxygen atoms in total. The van der Waals surface area contributed by atoms with Crippen molar-refractivity contribution in [3.8, 4) is 5.75 Å². The topological polar surface area (TPSA) is 80.2 Å². The normalized spacial score (nSPS) is 17.5. The van der Waals surface area contributed by atoms with Gasteiger partial charge in [0.25, 0.3) is 5.91 Å². The van der Waals surface area contributed by atoms with Crippen molar-refractivity contribution >= 4 is 23.8 Å². The molecule has 1 N–H and O–H groups in total. The SMILES string of the molecule is CCCCOC(=O)CC1COc2cc(NC(=O)c3ccc(/C=N/N4CCCCC4)cc3)ccc2C1. The fourth-order valence-corrected chi connectivity index (χ4v) is 4.33. The van der Waals surface area contributed by atoms with Crippen LogP contribution in [-0.2, 0) is 16.0 Å². The Bertz CT molecular complexity index is 1030. The molecule has 2 heterocycles. The summed E-state index contributed by atoms with van der Waals surface area (Å²) in [5, 5.41) is 9.59. The van der Waals surface area contributed by atoms with Gasteiger partial charge in [-0.3, -0.25) is 14.6 Å². The molecule has 2 aromatic rings. The Kier molecular flexibility index (Phi) is 8.76. The quantitative estimate of drug-likeness (QED) is 0.311. The van der Waals surface area contributed by atoms with Gasteiger partial charge in [-0.15, -0.1) is 0 Å². The molecule has 2 aromatic carbocycles. The minimum Gasteiger partial charge on any atom is -0.493 e. The van der Waals surface area contributed by atoms with E-state index in [0.29, 0.717) is 30.9 Å². The fraction of sp³-hybridized carbons (Fsp3) is 0.464. The lowest BCUT2D eigenvalue weighted by Gasteiger charge is -2.25. The summed E-state index contributed by atoms with van der Waals surface area (Å²) >= 11 is 0. The first-order chi connectivity index (χ1) is 17.1. The first-order valence-corrected chi connectivity index (χ1v) is 12.7. The summed E-state index contributed by atoms with van der Waals surface area (Å²) < 4.78 is 11.2. The number of carbonyl (C=O) groups excluding carboxylic acids is 2. The number of nitrogens with one attached hydrogen (secondary N) is 1. The number of anilines is 1. The van der Waals surface area contributed by atoms with E-state index in [1.165, 1.54) is 19.3 Å². The van der Waals surface area contributed by atoms with Crippen molar-refractivity contribution in [2.75, 3.05) is 31.6 Å². The Morgan fingerprint density at radius 1 is 1.14 bits per heavy atom. The van der Waals surface area contributed by atoms with E-state index in [-0.39, 0.29) is 17.8 Å². The molecular formula is C28H35N3O4. The zero-order chi connectivity index (χ0) is 24.5. The van der Waals surface area contributed by atoms with Gasteiger partial charge >= 0.3 is 5.97 Å². The fourth-order valence-electron chi connectivity index (χ4n) is 4.33. The Labute approximate surface area is 207 Å². The second kappa shape index (κ2) is 12.4. The second-order valence-corrected chi connectivity index (χ2v) is 9.32. The number of ether oxygens (including phenoxy) is 2. The van der Waals surface area contributed by atoms with Crippen LogP contribution in [0.5, 0.6) is 5.75 Å². The molecule has 0 bridgehead atoms. The van der Waals surface area contributed by atoms with Gasteiger partial charge in [-0.05, 0) is 61.4 Å². The molecule has 0 aromatic heterocycles. The molecule has 1 saturated heterocycles. The maximum atomic E-state index is 12.7. The maximum Gasteiger partial charge on any atom is 0.306 e. The van der Waals surface area contributed by atoms with Crippen LogP contribution in [0.1, 0.15) is 66.9 Å². The number of piperidine rings is 1. The number of rotatable bonds is 9. The van der Waals surface area contributed by atoms with Crippen LogP contribution in [-0.4, -0.2) is 49.4 Å². The first-order valence-electron chi connectivity index (χ1n) is 12.7. The Morgan fingerprint density at radius 2 is 1.94 bits per heavy atom. The third-order valence-electron chi connectivity index (χ3n) is 6.40. The van der Waals surface area contributed by atoms with Gasteiger partial charge in [0.1, 0.15) is 5.75 Å². The van der Waals surface area contributed by atoms with Crippen molar-refractivity contribution in [2.24, 2.45) is 11.0 Å². The zero-order valence-corrected chi connectivity index (χ0v) is 20.5. The van der Waals surface area contributed by atoms with Gasteiger partial charge in [-0.25, -0.2) is 0 Å². The van der Waals surface area contributed by atoms with Gasteiger partial charge in [-0.1, -0.05) is 31.5 Å². The van der Waals surface area contributed by atoms with Crippen LogP contribution in [0.4, 0.5) is 5.69 Å². The van der Waals surface area contributed by atoms with E-state index in [2.05, 4.69) is 22.4 Å². The van der Waals surface area contributed by atoms with Crippen molar-refractivity contribution in [1.29, 1.82) is 0 Å². The van der Waals surface area contributed by atoms with E-state index in [1.54, 1.807) is 0 Å². The lowest BCUT2D eigenvalue weighted by molar-refractivity contribution is -0.145. The summed E-state index contributed by atoms with van der Waals surface area (Å²) in [7, 11) is 0. The van der Waals surface area contributed by atoms with Gasteiger partial charge < -0.3 is 14.8 Å². The van der Waals surface area contributed by atoms with Gasteiger partial charge in [0, 0.05) is 36.3 Å². The van der Waals surface area contributed by atoms with Crippen LogP contribution in [0.25, 0.3) is 0 Å². The molecule has 186 valence electrons. The lowest BCUT2D eigenvalue weighted by Crippen LogP contribution is -2.24. The molecule has 35 heavy (non-hydrogen) atoms. The minimum absolute atomic E-state index is 0.106. The highest BCUT2D eigenvalue weighted by Crippen LogP contribution is 2.31. The second-order valence-electron chi connectivity index (χ2n) is 9.32. The predicted octanol–water partition coefficient (Wildman–Crippen LogP) is 5.04. The summed E-state index contributed by atoms with van der Waals surface area (Å²) in [4.78, 5) is 24.7. The van der Waals surface area contributed by atoms with Crippen molar-refractivity contribution in [3.05, 3.63) is 59.2 Å². The number of unbranched alkanes of at least 4 members (excludes halogenated alkanes) is 1. The number of hydrogen-bond donors (Lipinski definition) is 1. The molecule has 0 spiro atoms. The number of amides is 1. The number of esters is 1. The predicted molar refractivity (Wildman–Crippen MR) is 137 cm³/mol. The molecule has 1 fully saturated rings. The molecule has 4 rings (SSSR count). The standard InChI is InChI=1S/C28H35N3O4/c1-2-3-15-34-27(32)17-22-16-24-11-12-25(18-26(24)35-20-22)30-28(33)23-9-7-21(8-10-23)19-29-31-13-5-4-6-14-31/h7-12,18-19,22H,2-6,13-17,20H2,1H3,(H,30,33)/b29-19+. The molecule has 0 saturated carbocycles. The number of fused-ring (bicyclic) bond motifs is 1. The summed E-state index contributed by atoms with van der Waals surface area (Å²) in [6.07, 6.45) is 8.53. The molecule has 1 unspecified atom stereocenters. The Balaban J connectivity index is 1.28. The number of benzene rings is 2. The van der Waals surface area contributed by atoms with Gasteiger partial charge in [0.2, 0.25) is 0 Å². The molecule has 1 amide bonds. The average Bonchev–Trinajstić information content (AvgIpc) is 2.88. The number of nitrogens with zero attached hydrogens (tertiary/aromatic N) is 2. The molecule has 0 radical (unpaired) electrons. The summed E-state index contributed by atoms with van der Waals surface area (Å²) in [5.74, 6) is 0.521. The van der Waals surface area contributed by atoms with Gasteiger partial charge in [-0.2, -0.15) is 5.10 Å². The number of hydrogen-bond acceptors (Lipinski definition) is 6. The maximum absolute atomic E-state index is 12.7. The highest BCUT2D eigenvalue weighted by molar-refractivity contribution is 6.04.